The van der Waals surface area contributed by atoms with Crippen molar-refractivity contribution >= 4 is 11.7 Å². The molecule has 1 aliphatic rings. The molecule has 1 fully saturated rings. The van der Waals surface area contributed by atoms with E-state index in [9.17, 15) is 18.0 Å². The maximum atomic E-state index is 12.9. The van der Waals surface area contributed by atoms with E-state index >= 15 is 0 Å². The van der Waals surface area contributed by atoms with Crippen molar-refractivity contribution in [2.45, 2.75) is 37.9 Å². The Morgan fingerprint density at radius 3 is 2.81 bits per heavy atom. The number of nitrogens with one attached hydrogen (secondary N) is 1. The number of carbonyl (C=O) groups is 1. The van der Waals surface area contributed by atoms with Crippen LogP contribution in [0, 0.1) is 0 Å². The number of aryl methyl sites for hydroxylation is 1. The van der Waals surface area contributed by atoms with Gasteiger partial charge in [0.15, 0.2) is 5.69 Å². The van der Waals surface area contributed by atoms with Gasteiger partial charge in [0, 0.05) is 37.1 Å². The topological polar surface area (TPSA) is 90.0 Å². The summed E-state index contributed by atoms with van der Waals surface area (Å²) < 4.78 is 41.4. The van der Waals surface area contributed by atoms with Gasteiger partial charge in [-0.2, -0.15) is 23.3 Å². The molecule has 0 spiro atoms. The van der Waals surface area contributed by atoms with Gasteiger partial charge in [-0.05, 0) is 31.4 Å². The van der Waals surface area contributed by atoms with Gasteiger partial charge < -0.3 is 5.32 Å². The van der Waals surface area contributed by atoms with Crippen molar-refractivity contribution in [3.63, 3.8) is 0 Å². The Morgan fingerprint density at radius 2 is 2.11 bits per heavy atom. The predicted octanol–water partition coefficient (Wildman–Crippen LogP) is 2.04. The molecule has 8 nitrogen and oxygen atoms in total. The van der Waals surface area contributed by atoms with Crippen molar-refractivity contribution in [3.8, 4) is 0 Å². The van der Waals surface area contributed by atoms with E-state index < -0.39 is 17.8 Å². The molecule has 1 amide bonds. The highest BCUT2D eigenvalue weighted by molar-refractivity contribution is 5.90. The number of halogens is 3. The molecular weight excluding hydrogens is 363 g/mol. The number of fused-ring (bicyclic) bond motifs is 1. The molecule has 0 aromatic carbocycles. The fraction of sp³-hybridized carbons (Fsp3) is 0.438. The molecule has 0 unspecified atom stereocenters. The fourth-order valence-corrected chi connectivity index (χ4v) is 2.80. The molecule has 0 saturated heterocycles. The summed E-state index contributed by atoms with van der Waals surface area (Å²) in [5.41, 5.74) is -0.253. The molecule has 27 heavy (non-hydrogen) atoms. The molecule has 1 saturated carbocycles. The molecule has 3 heterocycles. The van der Waals surface area contributed by atoms with Crippen molar-refractivity contribution in [1.29, 1.82) is 0 Å². The first kappa shape index (κ1) is 17.4. The van der Waals surface area contributed by atoms with Gasteiger partial charge in [-0.15, -0.1) is 5.10 Å². The molecule has 1 N–H and O–H groups in total. The third-order valence-electron chi connectivity index (χ3n) is 4.25. The summed E-state index contributed by atoms with van der Waals surface area (Å²) in [4.78, 5) is 20.1. The van der Waals surface area contributed by atoms with Crippen LogP contribution in [0.1, 0.15) is 47.2 Å². The summed E-state index contributed by atoms with van der Waals surface area (Å²) >= 11 is 0. The van der Waals surface area contributed by atoms with E-state index in [-0.39, 0.29) is 18.3 Å². The van der Waals surface area contributed by atoms with Crippen LogP contribution in [-0.4, -0.2) is 41.8 Å². The Morgan fingerprint density at radius 1 is 1.30 bits per heavy atom. The minimum absolute atomic E-state index is 0.00850. The summed E-state index contributed by atoms with van der Waals surface area (Å²) in [6, 6.07) is 2.80. The molecule has 0 atom stereocenters. The Kier molecular flexibility index (Phi) is 4.28. The highest BCUT2D eigenvalue weighted by atomic mass is 19.4. The quantitative estimate of drug-likeness (QED) is 0.662. The lowest BCUT2D eigenvalue weighted by Gasteiger charge is -2.07. The first-order valence-corrected chi connectivity index (χ1v) is 8.52. The minimum Gasteiger partial charge on any atom is -0.349 e. The molecular formula is C16H16F3N7O. The van der Waals surface area contributed by atoms with Gasteiger partial charge in [-0.3, -0.25) is 9.48 Å². The number of aromatic nitrogens is 6. The standard InChI is InChI=1S/C16H16F3N7O/c17-16(18,19)12-9-11(10-3-4-10)25(23-12)7-1-5-20-14(27)13-22-15-21-6-2-8-26(15)24-13/h2,6,8-10H,1,3-5,7H2,(H,20,27). The Hall–Kier alpha value is -2.98. The Bertz CT molecular complexity index is 941. The molecule has 4 rings (SSSR count). The van der Waals surface area contributed by atoms with Gasteiger partial charge >= 0.3 is 6.18 Å². The van der Waals surface area contributed by atoms with Gasteiger partial charge in [0.2, 0.25) is 5.82 Å². The van der Waals surface area contributed by atoms with E-state index in [1.807, 2.05) is 0 Å². The lowest BCUT2D eigenvalue weighted by atomic mass is 10.2. The van der Waals surface area contributed by atoms with Crippen LogP contribution >= 0.6 is 0 Å². The second-order valence-corrected chi connectivity index (χ2v) is 6.36. The van der Waals surface area contributed by atoms with Crippen LogP contribution in [0.25, 0.3) is 5.78 Å². The van der Waals surface area contributed by atoms with Gasteiger partial charge in [0.25, 0.3) is 11.7 Å². The summed E-state index contributed by atoms with van der Waals surface area (Å²) in [5.74, 6) is -0.00371. The fourth-order valence-electron chi connectivity index (χ4n) is 2.80. The number of hydrogen-bond acceptors (Lipinski definition) is 5. The summed E-state index contributed by atoms with van der Waals surface area (Å²) in [6.45, 7) is 0.565. The average Bonchev–Trinajstić information content (AvgIpc) is 3.22. The Balaban J connectivity index is 1.34. The lowest BCUT2D eigenvalue weighted by molar-refractivity contribution is -0.141. The zero-order valence-corrected chi connectivity index (χ0v) is 14.1. The van der Waals surface area contributed by atoms with Crippen LogP contribution in [0.5, 0.6) is 0 Å². The monoisotopic (exact) mass is 379 g/mol. The summed E-state index contributed by atoms with van der Waals surface area (Å²) in [7, 11) is 0. The van der Waals surface area contributed by atoms with Crippen LogP contribution in [0.15, 0.2) is 24.5 Å². The van der Waals surface area contributed by atoms with Gasteiger partial charge in [0.05, 0.1) is 0 Å². The number of hydrogen-bond donors (Lipinski definition) is 1. The van der Waals surface area contributed by atoms with E-state index in [1.165, 1.54) is 9.20 Å². The minimum atomic E-state index is -4.45. The van der Waals surface area contributed by atoms with Gasteiger partial charge in [-0.25, -0.2) is 9.50 Å². The number of rotatable bonds is 6. The van der Waals surface area contributed by atoms with Crippen LogP contribution in [0.4, 0.5) is 13.2 Å². The summed E-state index contributed by atoms with van der Waals surface area (Å²) in [5, 5.41) is 10.4. The molecule has 0 aliphatic heterocycles. The number of nitrogens with zero attached hydrogens (tertiary/aromatic N) is 6. The van der Waals surface area contributed by atoms with Crippen molar-refractivity contribution in [3.05, 3.63) is 41.7 Å². The highest BCUT2D eigenvalue weighted by Crippen LogP contribution is 2.42. The van der Waals surface area contributed by atoms with Crippen LogP contribution in [0.2, 0.25) is 0 Å². The third-order valence-corrected chi connectivity index (χ3v) is 4.25. The SMILES string of the molecule is O=C(NCCCn1nc(C(F)(F)F)cc1C1CC1)c1nc2ncccn2n1. The molecule has 0 radical (unpaired) electrons. The van der Waals surface area contributed by atoms with Gasteiger partial charge in [-0.1, -0.05) is 0 Å². The highest BCUT2D eigenvalue weighted by Gasteiger charge is 2.37. The van der Waals surface area contributed by atoms with Crippen molar-refractivity contribution < 1.29 is 18.0 Å². The van der Waals surface area contributed by atoms with Crippen LogP contribution in [0.3, 0.4) is 0 Å². The van der Waals surface area contributed by atoms with E-state index in [0.717, 1.165) is 18.9 Å². The third kappa shape index (κ3) is 3.76. The number of carbonyl (C=O) groups excluding carboxylic acids is 1. The first-order chi connectivity index (χ1) is 12.9. The second kappa shape index (κ2) is 6.63. The number of alkyl halides is 3. The van der Waals surface area contributed by atoms with E-state index in [4.69, 9.17) is 0 Å². The molecule has 0 bridgehead atoms. The van der Waals surface area contributed by atoms with Crippen molar-refractivity contribution in [2.24, 2.45) is 0 Å². The van der Waals surface area contributed by atoms with Crippen LogP contribution < -0.4 is 5.32 Å². The molecule has 1 aliphatic carbocycles. The largest absolute Gasteiger partial charge is 0.435 e. The molecule has 3 aromatic heterocycles. The van der Waals surface area contributed by atoms with E-state index in [2.05, 4.69) is 25.5 Å². The molecule has 11 heteroatoms. The normalized spacial score (nSPS) is 14.6. The maximum Gasteiger partial charge on any atom is 0.435 e. The zero-order valence-electron chi connectivity index (χ0n) is 14.1. The van der Waals surface area contributed by atoms with Crippen molar-refractivity contribution in [1.82, 2.24) is 34.7 Å². The number of amides is 1. The van der Waals surface area contributed by atoms with Gasteiger partial charge in [0.1, 0.15) is 0 Å². The maximum absolute atomic E-state index is 12.9. The zero-order chi connectivity index (χ0) is 19.0. The summed E-state index contributed by atoms with van der Waals surface area (Å²) in [6.07, 6.45) is 0.923. The molecule has 3 aromatic rings. The van der Waals surface area contributed by atoms with Crippen LogP contribution in [-0.2, 0) is 12.7 Å². The van der Waals surface area contributed by atoms with Crippen molar-refractivity contribution in [2.75, 3.05) is 6.54 Å². The lowest BCUT2D eigenvalue weighted by Crippen LogP contribution is -2.26. The second-order valence-electron chi connectivity index (χ2n) is 6.36. The van der Waals surface area contributed by atoms with E-state index in [1.54, 1.807) is 18.5 Å². The molecule has 142 valence electrons. The smallest absolute Gasteiger partial charge is 0.349 e. The predicted molar refractivity (Wildman–Crippen MR) is 86.9 cm³/mol. The van der Waals surface area contributed by atoms with E-state index in [0.29, 0.717) is 24.4 Å². The average molecular weight is 379 g/mol. The Labute approximate surface area is 151 Å². The first-order valence-electron chi connectivity index (χ1n) is 8.52.